The predicted molar refractivity (Wildman–Crippen MR) is 106 cm³/mol. The number of hydrogen-bond acceptors (Lipinski definition) is 5. The van der Waals surface area contributed by atoms with Gasteiger partial charge >= 0.3 is 0 Å². The molecule has 7 nitrogen and oxygen atoms in total. The van der Waals surface area contributed by atoms with E-state index in [0.717, 1.165) is 5.56 Å². The van der Waals surface area contributed by atoms with Crippen LogP contribution in [0.1, 0.15) is 11.1 Å². The van der Waals surface area contributed by atoms with Crippen LogP contribution in [0.4, 0.5) is 11.4 Å². The van der Waals surface area contributed by atoms with Crippen molar-refractivity contribution in [2.24, 2.45) is 0 Å². The van der Waals surface area contributed by atoms with Gasteiger partial charge in [0.05, 0.1) is 16.7 Å². The van der Waals surface area contributed by atoms with Crippen LogP contribution < -0.4 is 10.1 Å². The first-order valence-electron chi connectivity index (χ1n) is 8.44. The fourth-order valence-electron chi connectivity index (χ4n) is 2.52. The molecule has 0 radical (unpaired) electrons. The summed E-state index contributed by atoms with van der Waals surface area (Å²) in [5.74, 6) is 0.884. The van der Waals surface area contributed by atoms with E-state index in [0.29, 0.717) is 22.7 Å². The van der Waals surface area contributed by atoms with Crippen molar-refractivity contribution in [3.8, 4) is 11.5 Å². The molecule has 7 heteroatoms. The van der Waals surface area contributed by atoms with Gasteiger partial charge in [-0.15, -0.1) is 0 Å². The molecule has 0 fully saturated rings. The molecule has 1 aromatic heterocycles. The first kappa shape index (κ1) is 18.8. The topological polar surface area (TPSA) is 94.4 Å². The van der Waals surface area contributed by atoms with Gasteiger partial charge in [0.15, 0.2) is 0 Å². The maximum absolute atomic E-state index is 12.1. The average Bonchev–Trinajstić information content (AvgIpc) is 2.69. The number of nitrogens with zero attached hydrogens (tertiary/aromatic N) is 2. The van der Waals surface area contributed by atoms with Crippen LogP contribution in [0.15, 0.2) is 73.1 Å². The van der Waals surface area contributed by atoms with Gasteiger partial charge in [-0.3, -0.25) is 19.9 Å². The highest BCUT2D eigenvalue weighted by atomic mass is 16.6. The minimum atomic E-state index is -0.484. The number of benzene rings is 2. The molecule has 0 saturated heterocycles. The lowest BCUT2D eigenvalue weighted by molar-refractivity contribution is -0.385. The summed E-state index contributed by atoms with van der Waals surface area (Å²) in [5.41, 5.74) is 1.73. The Morgan fingerprint density at radius 1 is 1.18 bits per heavy atom. The Kier molecular flexibility index (Phi) is 5.76. The number of hydrogen-bond donors (Lipinski definition) is 1. The molecule has 0 unspecified atom stereocenters. The zero-order valence-corrected chi connectivity index (χ0v) is 15.0. The summed E-state index contributed by atoms with van der Waals surface area (Å²) in [5, 5.41) is 13.7. The van der Waals surface area contributed by atoms with Crippen molar-refractivity contribution < 1.29 is 14.5 Å². The third-order valence-electron chi connectivity index (χ3n) is 3.85. The molecule has 2 aromatic carbocycles. The van der Waals surface area contributed by atoms with Gasteiger partial charge < -0.3 is 10.1 Å². The number of para-hydroxylation sites is 1. The van der Waals surface area contributed by atoms with Crippen LogP contribution in [0.2, 0.25) is 0 Å². The molecule has 1 heterocycles. The van der Waals surface area contributed by atoms with Crippen molar-refractivity contribution in [3.05, 3.63) is 94.3 Å². The van der Waals surface area contributed by atoms with Gasteiger partial charge in [-0.1, -0.05) is 12.1 Å². The molecule has 0 aliphatic heterocycles. The number of aryl methyl sites for hydroxylation is 1. The lowest BCUT2D eigenvalue weighted by Crippen LogP contribution is -2.08. The molecule has 28 heavy (non-hydrogen) atoms. The predicted octanol–water partition coefficient (Wildman–Crippen LogP) is 4.74. The molecule has 0 aliphatic carbocycles. The first-order valence-corrected chi connectivity index (χ1v) is 8.44. The Morgan fingerprint density at radius 3 is 2.71 bits per heavy atom. The Bertz CT molecular complexity index is 1030. The van der Waals surface area contributed by atoms with Gasteiger partial charge in [-0.25, -0.2) is 0 Å². The summed E-state index contributed by atoms with van der Waals surface area (Å²) in [6.45, 7) is 1.87. The summed E-state index contributed by atoms with van der Waals surface area (Å²) >= 11 is 0. The van der Waals surface area contributed by atoms with E-state index < -0.39 is 10.8 Å². The molecule has 3 aromatic rings. The molecule has 0 aliphatic rings. The number of anilines is 1. The number of nitro benzene ring substituents is 1. The molecule has 3 rings (SSSR count). The fraction of sp³-hybridized carbons (Fsp3) is 0.0476. The second-order valence-electron chi connectivity index (χ2n) is 5.91. The number of nitro groups is 1. The highest BCUT2D eigenvalue weighted by molar-refractivity contribution is 6.02. The third kappa shape index (κ3) is 4.79. The number of carbonyl (C=O) groups is 1. The lowest BCUT2D eigenvalue weighted by Gasteiger charge is -2.10. The van der Waals surface area contributed by atoms with Crippen molar-refractivity contribution in [3.63, 3.8) is 0 Å². The SMILES string of the molecule is Cc1cc(NC(=O)/C=C/c2ccccc2[N+](=O)[O-])ccc1Oc1cccnc1. The van der Waals surface area contributed by atoms with Crippen molar-refractivity contribution in [1.29, 1.82) is 0 Å². The smallest absolute Gasteiger partial charge is 0.276 e. The van der Waals surface area contributed by atoms with E-state index in [1.54, 1.807) is 60.9 Å². The minimum Gasteiger partial charge on any atom is -0.455 e. The third-order valence-corrected chi connectivity index (χ3v) is 3.85. The van der Waals surface area contributed by atoms with E-state index in [9.17, 15) is 14.9 Å². The summed E-state index contributed by atoms with van der Waals surface area (Å²) in [7, 11) is 0. The summed E-state index contributed by atoms with van der Waals surface area (Å²) in [6.07, 6.45) is 5.95. The molecule has 0 spiro atoms. The van der Waals surface area contributed by atoms with Crippen LogP contribution >= 0.6 is 0 Å². The Balaban J connectivity index is 1.68. The van der Waals surface area contributed by atoms with Crippen LogP contribution in [-0.4, -0.2) is 15.8 Å². The van der Waals surface area contributed by atoms with Crippen molar-refractivity contribution >= 4 is 23.4 Å². The van der Waals surface area contributed by atoms with Crippen molar-refractivity contribution in [2.75, 3.05) is 5.32 Å². The van der Waals surface area contributed by atoms with Gasteiger partial charge in [0.25, 0.3) is 5.69 Å². The van der Waals surface area contributed by atoms with Gasteiger partial charge in [0.2, 0.25) is 5.91 Å². The van der Waals surface area contributed by atoms with Crippen LogP contribution in [0.5, 0.6) is 11.5 Å². The van der Waals surface area contributed by atoms with Crippen LogP contribution in [0.3, 0.4) is 0 Å². The summed E-state index contributed by atoms with van der Waals surface area (Å²) in [6, 6.07) is 15.1. The van der Waals surface area contributed by atoms with Gasteiger partial charge in [-0.2, -0.15) is 0 Å². The van der Waals surface area contributed by atoms with Crippen LogP contribution in [0, 0.1) is 17.0 Å². The quantitative estimate of drug-likeness (QED) is 0.381. The number of rotatable bonds is 6. The Hall–Kier alpha value is -4.00. The summed E-state index contributed by atoms with van der Waals surface area (Å²) in [4.78, 5) is 26.7. The van der Waals surface area contributed by atoms with Crippen molar-refractivity contribution in [2.45, 2.75) is 6.92 Å². The summed E-state index contributed by atoms with van der Waals surface area (Å²) < 4.78 is 5.76. The second-order valence-corrected chi connectivity index (χ2v) is 5.91. The Labute approximate surface area is 161 Å². The van der Waals surface area contributed by atoms with Crippen molar-refractivity contribution in [1.82, 2.24) is 4.98 Å². The molecule has 1 N–H and O–H groups in total. The number of amides is 1. The Morgan fingerprint density at radius 2 is 2.00 bits per heavy atom. The average molecular weight is 375 g/mol. The normalized spacial score (nSPS) is 10.6. The number of ether oxygens (including phenoxy) is 1. The maximum atomic E-state index is 12.1. The largest absolute Gasteiger partial charge is 0.455 e. The fourth-order valence-corrected chi connectivity index (χ4v) is 2.52. The molecule has 0 saturated carbocycles. The van der Waals surface area contributed by atoms with E-state index in [1.807, 2.05) is 6.92 Å². The lowest BCUT2D eigenvalue weighted by atomic mass is 10.1. The molecule has 140 valence electrons. The molecule has 0 bridgehead atoms. The van der Waals surface area contributed by atoms with E-state index in [-0.39, 0.29) is 5.69 Å². The van der Waals surface area contributed by atoms with E-state index in [4.69, 9.17) is 4.74 Å². The van der Waals surface area contributed by atoms with Crippen LogP contribution in [0.25, 0.3) is 6.08 Å². The molecular formula is C21H17N3O4. The molecule has 1 amide bonds. The number of carbonyl (C=O) groups excluding carboxylic acids is 1. The second kappa shape index (κ2) is 8.59. The maximum Gasteiger partial charge on any atom is 0.276 e. The van der Waals surface area contributed by atoms with Gasteiger partial charge in [-0.05, 0) is 55.0 Å². The van der Waals surface area contributed by atoms with E-state index >= 15 is 0 Å². The highest BCUT2D eigenvalue weighted by Crippen LogP contribution is 2.27. The van der Waals surface area contributed by atoms with Gasteiger partial charge in [0, 0.05) is 24.0 Å². The first-order chi connectivity index (χ1) is 13.5. The minimum absolute atomic E-state index is 0.0562. The zero-order valence-electron chi connectivity index (χ0n) is 15.0. The number of pyridine rings is 1. The van der Waals surface area contributed by atoms with Crippen LogP contribution in [-0.2, 0) is 4.79 Å². The zero-order chi connectivity index (χ0) is 19.9. The number of aromatic nitrogens is 1. The van der Waals surface area contributed by atoms with E-state index in [1.165, 1.54) is 18.2 Å². The molecular weight excluding hydrogens is 358 g/mol. The monoisotopic (exact) mass is 375 g/mol. The van der Waals surface area contributed by atoms with E-state index in [2.05, 4.69) is 10.3 Å². The number of nitrogens with one attached hydrogen (secondary N) is 1. The van der Waals surface area contributed by atoms with Gasteiger partial charge in [0.1, 0.15) is 11.5 Å². The molecule has 0 atom stereocenters. The highest BCUT2D eigenvalue weighted by Gasteiger charge is 2.10. The standard InChI is InChI=1S/C21H17N3O4/c1-15-13-17(9-10-20(15)28-18-6-4-12-22-14-18)23-21(25)11-8-16-5-2-3-7-19(16)24(26)27/h2-14H,1H3,(H,23,25)/b11-8+.